The summed E-state index contributed by atoms with van der Waals surface area (Å²) in [5, 5.41) is 4.67. The van der Waals surface area contributed by atoms with Crippen molar-refractivity contribution >= 4 is 5.91 Å². The summed E-state index contributed by atoms with van der Waals surface area (Å²) in [7, 11) is 2.01. The van der Waals surface area contributed by atoms with Gasteiger partial charge in [0.1, 0.15) is 0 Å². The second kappa shape index (κ2) is 6.87. The fourth-order valence-electron chi connectivity index (χ4n) is 4.78. The molecule has 2 aliphatic heterocycles. The van der Waals surface area contributed by atoms with Gasteiger partial charge in [-0.2, -0.15) is 5.10 Å². The molecular weight excluding hydrogens is 300 g/mol. The lowest BCUT2D eigenvalue weighted by atomic mass is 9.90. The highest BCUT2D eigenvalue weighted by Crippen LogP contribution is 2.29. The zero-order valence-electron chi connectivity index (χ0n) is 15.0. The molecule has 1 unspecified atom stereocenters. The molecule has 1 atom stereocenters. The summed E-state index contributed by atoms with van der Waals surface area (Å²) >= 11 is 0. The van der Waals surface area contributed by atoms with Crippen LogP contribution in [0.1, 0.15) is 66.7 Å². The SMILES string of the molecule is Cn1nc(C(=O)N2CCCCCC2)c2c1CCC(N1CCCC1)C2. The van der Waals surface area contributed by atoms with Crippen molar-refractivity contribution < 1.29 is 4.79 Å². The molecule has 1 aromatic heterocycles. The Morgan fingerprint density at radius 1 is 1.00 bits per heavy atom. The third-order valence-electron chi connectivity index (χ3n) is 6.18. The largest absolute Gasteiger partial charge is 0.337 e. The minimum absolute atomic E-state index is 0.177. The summed E-state index contributed by atoms with van der Waals surface area (Å²) in [4.78, 5) is 17.8. The summed E-state index contributed by atoms with van der Waals surface area (Å²) in [6.07, 6.45) is 10.7. The monoisotopic (exact) mass is 330 g/mol. The van der Waals surface area contributed by atoms with Crippen LogP contribution >= 0.6 is 0 Å². The molecule has 24 heavy (non-hydrogen) atoms. The van der Waals surface area contributed by atoms with Crippen LogP contribution in [0, 0.1) is 0 Å². The summed E-state index contributed by atoms with van der Waals surface area (Å²) < 4.78 is 1.97. The molecule has 3 aliphatic rings. The number of rotatable bonds is 2. The predicted molar refractivity (Wildman–Crippen MR) is 94.2 cm³/mol. The first-order valence-electron chi connectivity index (χ1n) is 9.82. The number of hydrogen-bond acceptors (Lipinski definition) is 3. The predicted octanol–water partition coefficient (Wildman–Crippen LogP) is 2.39. The van der Waals surface area contributed by atoms with Crippen LogP contribution < -0.4 is 0 Å². The zero-order chi connectivity index (χ0) is 16.5. The Bertz CT molecular complexity index is 595. The van der Waals surface area contributed by atoms with E-state index in [0.29, 0.717) is 6.04 Å². The Kier molecular flexibility index (Phi) is 4.61. The Hall–Kier alpha value is -1.36. The van der Waals surface area contributed by atoms with E-state index in [2.05, 4.69) is 14.9 Å². The minimum atomic E-state index is 0.177. The second-order valence-electron chi connectivity index (χ2n) is 7.74. The van der Waals surface area contributed by atoms with Crippen molar-refractivity contribution in [3.8, 4) is 0 Å². The highest BCUT2D eigenvalue weighted by Gasteiger charge is 2.33. The van der Waals surface area contributed by atoms with Crippen LogP contribution in [-0.2, 0) is 19.9 Å². The number of fused-ring (bicyclic) bond motifs is 1. The van der Waals surface area contributed by atoms with E-state index in [-0.39, 0.29) is 5.91 Å². The molecule has 1 aliphatic carbocycles. The van der Waals surface area contributed by atoms with E-state index in [4.69, 9.17) is 0 Å². The van der Waals surface area contributed by atoms with Gasteiger partial charge < -0.3 is 9.80 Å². The van der Waals surface area contributed by atoms with Gasteiger partial charge in [0.15, 0.2) is 5.69 Å². The lowest BCUT2D eigenvalue weighted by Crippen LogP contribution is -2.38. The lowest BCUT2D eigenvalue weighted by Gasteiger charge is -2.31. The van der Waals surface area contributed by atoms with E-state index < -0.39 is 0 Å². The molecule has 0 radical (unpaired) electrons. The van der Waals surface area contributed by atoms with Crippen LogP contribution in [0.15, 0.2) is 0 Å². The van der Waals surface area contributed by atoms with Gasteiger partial charge in [-0.25, -0.2) is 0 Å². The van der Waals surface area contributed by atoms with Gasteiger partial charge in [-0.1, -0.05) is 12.8 Å². The molecule has 5 nitrogen and oxygen atoms in total. The Morgan fingerprint density at radius 2 is 1.67 bits per heavy atom. The number of amides is 1. The van der Waals surface area contributed by atoms with E-state index in [1.54, 1.807) is 0 Å². The Morgan fingerprint density at radius 3 is 2.38 bits per heavy atom. The molecule has 5 heteroatoms. The molecule has 2 fully saturated rings. The van der Waals surface area contributed by atoms with Gasteiger partial charge in [0, 0.05) is 37.4 Å². The van der Waals surface area contributed by atoms with Crippen LogP contribution in [0.3, 0.4) is 0 Å². The molecule has 2 saturated heterocycles. The van der Waals surface area contributed by atoms with Crippen molar-refractivity contribution in [1.29, 1.82) is 0 Å². The highest BCUT2D eigenvalue weighted by molar-refractivity contribution is 5.94. The van der Waals surface area contributed by atoms with Gasteiger partial charge >= 0.3 is 0 Å². The third kappa shape index (κ3) is 2.99. The first kappa shape index (κ1) is 16.1. The standard InChI is InChI=1S/C19H30N4O/c1-21-17-9-8-15(22-10-6-7-11-22)14-16(17)18(20-21)19(24)23-12-4-2-3-5-13-23/h15H,2-14H2,1H3. The average Bonchev–Trinajstić information content (AvgIpc) is 3.15. The van der Waals surface area contributed by atoms with Gasteiger partial charge in [-0.3, -0.25) is 9.48 Å². The lowest BCUT2D eigenvalue weighted by molar-refractivity contribution is 0.0753. The van der Waals surface area contributed by atoms with Gasteiger partial charge in [0.25, 0.3) is 5.91 Å². The highest BCUT2D eigenvalue weighted by atomic mass is 16.2. The number of nitrogens with zero attached hydrogens (tertiary/aromatic N) is 4. The normalized spacial score (nSPS) is 25.5. The number of hydrogen-bond donors (Lipinski definition) is 0. The van der Waals surface area contributed by atoms with Crippen molar-refractivity contribution in [3.05, 3.63) is 17.0 Å². The average molecular weight is 330 g/mol. The van der Waals surface area contributed by atoms with E-state index in [1.165, 1.54) is 56.5 Å². The summed E-state index contributed by atoms with van der Waals surface area (Å²) in [5.41, 5.74) is 3.29. The van der Waals surface area contributed by atoms with Crippen molar-refractivity contribution in [2.75, 3.05) is 26.2 Å². The number of carbonyl (C=O) groups is 1. The Labute approximate surface area is 145 Å². The van der Waals surface area contributed by atoms with Crippen molar-refractivity contribution in [3.63, 3.8) is 0 Å². The van der Waals surface area contributed by atoms with Crippen LogP contribution in [-0.4, -0.2) is 57.7 Å². The first-order valence-corrected chi connectivity index (χ1v) is 9.82. The fourth-order valence-corrected chi connectivity index (χ4v) is 4.78. The molecule has 3 heterocycles. The summed E-state index contributed by atoms with van der Waals surface area (Å²) in [6, 6.07) is 0.611. The zero-order valence-corrected chi connectivity index (χ0v) is 15.0. The molecule has 0 saturated carbocycles. The summed E-state index contributed by atoms with van der Waals surface area (Å²) in [5.74, 6) is 0.177. The van der Waals surface area contributed by atoms with Crippen LogP contribution in [0.2, 0.25) is 0 Å². The van der Waals surface area contributed by atoms with Gasteiger partial charge in [-0.15, -0.1) is 0 Å². The topological polar surface area (TPSA) is 41.4 Å². The van der Waals surface area contributed by atoms with Crippen LogP contribution in [0.5, 0.6) is 0 Å². The molecule has 1 amide bonds. The molecule has 0 bridgehead atoms. The maximum Gasteiger partial charge on any atom is 0.274 e. The quantitative estimate of drug-likeness (QED) is 0.836. The van der Waals surface area contributed by atoms with Crippen molar-refractivity contribution in [2.24, 2.45) is 7.05 Å². The molecule has 1 aromatic rings. The number of aromatic nitrogens is 2. The molecule has 0 N–H and O–H groups in total. The van der Waals surface area contributed by atoms with Crippen molar-refractivity contribution in [2.45, 2.75) is 63.8 Å². The summed E-state index contributed by atoms with van der Waals surface area (Å²) in [6.45, 7) is 4.27. The van der Waals surface area contributed by atoms with Crippen LogP contribution in [0.4, 0.5) is 0 Å². The minimum Gasteiger partial charge on any atom is -0.337 e. The van der Waals surface area contributed by atoms with E-state index in [9.17, 15) is 4.79 Å². The molecule has 132 valence electrons. The van der Waals surface area contributed by atoms with E-state index >= 15 is 0 Å². The van der Waals surface area contributed by atoms with Gasteiger partial charge in [0.05, 0.1) is 0 Å². The smallest absolute Gasteiger partial charge is 0.274 e. The van der Waals surface area contributed by atoms with Gasteiger partial charge in [0.2, 0.25) is 0 Å². The molecule has 4 rings (SSSR count). The maximum absolute atomic E-state index is 13.1. The number of aryl methyl sites for hydroxylation is 1. The first-order chi connectivity index (χ1) is 11.7. The molecule has 0 spiro atoms. The van der Waals surface area contributed by atoms with E-state index in [1.807, 2.05) is 11.7 Å². The van der Waals surface area contributed by atoms with Crippen LogP contribution in [0.25, 0.3) is 0 Å². The Balaban J connectivity index is 1.57. The fraction of sp³-hybridized carbons (Fsp3) is 0.789. The third-order valence-corrected chi connectivity index (χ3v) is 6.18. The second-order valence-corrected chi connectivity index (χ2v) is 7.74. The van der Waals surface area contributed by atoms with E-state index in [0.717, 1.165) is 44.5 Å². The number of carbonyl (C=O) groups excluding carboxylic acids is 1. The van der Waals surface area contributed by atoms with Crippen molar-refractivity contribution in [1.82, 2.24) is 19.6 Å². The molecule has 0 aromatic carbocycles. The number of likely N-dealkylation sites (tertiary alicyclic amines) is 2. The maximum atomic E-state index is 13.1. The van der Waals surface area contributed by atoms with Gasteiger partial charge in [-0.05, 0) is 58.0 Å². The molecular formula is C19H30N4O.